The summed E-state index contributed by atoms with van der Waals surface area (Å²) in [7, 11) is 0. The van der Waals surface area contributed by atoms with Crippen LogP contribution in [0.2, 0.25) is 0 Å². The van der Waals surface area contributed by atoms with E-state index in [1.165, 1.54) is 12.8 Å². The van der Waals surface area contributed by atoms with Crippen molar-refractivity contribution in [2.75, 3.05) is 6.61 Å². The lowest BCUT2D eigenvalue weighted by atomic mass is 10.3. The Bertz CT molecular complexity index is 406. The van der Waals surface area contributed by atoms with Gasteiger partial charge in [-0.2, -0.15) is 0 Å². The lowest BCUT2D eigenvalue weighted by Gasteiger charge is -1.94. The highest BCUT2D eigenvalue weighted by atomic mass is 16.5. The molecule has 0 aliphatic carbocycles. The average Bonchev–Trinajstić information content (AvgIpc) is 3.05. The minimum absolute atomic E-state index is 0.546. The van der Waals surface area contributed by atoms with Gasteiger partial charge in [0.25, 0.3) is 0 Å². The van der Waals surface area contributed by atoms with E-state index in [2.05, 4.69) is 11.9 Å². The fourth-order valence-electron chi connectivity index (χ4n) is 1.55. The van der Waals surface area contributed by atoms with Gasteiger partial charge in [-0.15, -0.1) is 0 Å². The second-order valence-electron chi connectivity index (χ2n) is 4.52. The fourth-order valence-corrected chi connectivity index (χ4v) is 1.55. The number of aromatic nitrogens is 1. The Morgan fingerprint density at radius 3 is 2.21 bits per heavy atom. The average molecular weight is 261 g/mol. The molecule has 2 aromatic heterocycles. The Balaban J connectivity index is 0.000000143. The van der Waals surface area contributed by atoms with Crippen molar-refractivity contribution in [2.45, 2.75) is 39.7 Å². The largest absolute Gasteiger partial charge is 0.470 e. The van der Waals surface area contributed by atoms with Gasteiger partial charge in [-0.3, -0.25) is 4.98 Å². The molecule has 0 radical (unpaired) electrons. The third kappa shape index (κ3) is 8.16. The van der Waals surface area contributed by atoms with E-state index in [1.807, 2.05) is 44.2 Å². The van der Waals surface area contributed by atoms with Crippen LogP contribution in [0.15, 0.2) is 47.2 Å². The Kier molecular flexibility index (Phi) is 7.59. The van der Waals surface area contributed by atoms with E-state index in [1.54, 1.807) is 12.5 Å². The number of hydrogen-bond acceptors (Lipinski definition) is 3. The summed E-state index contributed by atoms with van der Waals surface area (Å²) in [6.07, 6.45) is 6.52. The van der Waals surface area contributed by atoms with Crippen LogP contribution in [-0.2, 0) is 4.74 Å². The quantitative estimate of drug-likeness (QED) is 0.714. The minimum atomic E-state index is 0.546. The van der Waals surface area contributed by atoms with Crippen molar-refractivity contribution in [3.63, 3.8) is 0 Å². The predicted octanol–water partition coefficient (Wildman–Crippen LogP) is 4.16. The molecule has 3 nitrogen and oxygen atoms in total. The van der Waals surface area contributed by atoms with E-state index in [9.17, 15) is 0 Å². The van der Waals surface area contributed by atoms with Gasteiger partial charge in [0.05, 0.1) is 12.4 Å². The summed E-state index contributed by atoms with van der Waals surface area (Å²) < 4.78 is 9.99. The molecule has 0 N–H and O–H groups in total. The van der Waals surface area contributed by atoms with Crippen molar-refractivity contribution in [2.24, 2.45) is 0 Å². The van der Waals surface area contributed by atoms with Crippen LogP contribution >= 0.6 is 0 Å². The molecule has 19 heavy (non-hydrogen) atoms. The Hall–Kier alpha value is -1.61. The van der Waals surface area contributed by atoms with Crippen molar-refractivity contribution in [3.05, 3.63) is 54.2 Å². The van der Waals surface area contributed by atoms with Gasteiger partial charge in [-0.1, -0.05) is 6.07 Å². The van der Waals surface area contributed by atoms with Gasteiger partial charge in [0.2, 0.25) is 0 Å². The summed E-state index contributed by atoms with van der Waals surface area (Å²) in [4.78, 5) is 3.98. The zero-order valence-electron chi connectivity index (χ0n) is 12.0. The van der Waals surface area contributed by atoms with E-state index >= 15 is 0 Å². The first kappa shape index (κ1) is 15.4. The maximum Gasteiger partial charge on any atom is 0.100 e. The third-order valence-electron chi connectivity index (χ3n) is 2.63. The monoisotopic (exact) mass is 261 g/mol. The van der Waals surface area contributed by atoms with Gasteiger partial charge < -0.3 is 9.15 Å². The summed E-state index contributed by atoms with van der Waals surface area (Å²) in [5, 5.41) is 0. The molecule has 0 spiro atoms. The molecule has 0 bridgehead atoms. The second kappa shape index (κ2) is 9.34. The number of ether oxygens (including phenoxy) is 1. The molecule has 1 saturated heterocycles. The number of furan rings is 1. The van der Waals surface area contributed by atoms with Crippen molar-refractivity contribution < 1.29 is 9.15 Å². The Morgan fingerprint density at radius 2 is 2.00 bits per heavy atom. The van der Waals surface area contributed by atoms with Crippen LogP contribution < -0.4 is 0 Å². The molecule has 104 valence electrons. The molecule has 1 aliphatic heterocycles. The summed E-state index contributed by atoms with van der Waals surface area (Å²) in [6, 6.07) is 9.64. The van der Waals surface area contributed by atoms with Crippen LogP contribution in [0.5, 0.6) is 0 Å². The van der Waals surface area contributed by atoms with E-state index < -0.39 is 0 Å². The van der Waals surface area contributed by atoms with Gasteiger partial charge in [0.1, 0.15) is 5.76 Å². The van der Waals surface area contributed by atoms with E-state index in [-0.39, 0.29) is 0 Å². The standard InChI is InChI=1S/C6H7N.C5H10O.C5H6O/c1-6-4-2-3-5-7-6;2*1-5-3-2-4-6-5/h2-5H,1H3;5H,2-4H2,1H3;2-4H,1H3. The SMILES string of the molecule is CC1CCCO1.Cc1ccccn1.Cc1ccco1. The molecule has 3 heteroatoms. The first-order chi connectivity index (χ1) is 9.18. The number of hydrogen-bond donors (Lipinski definition) is 0. The number of nitrogens with zero attached hydrogens (tertiary/aromatic N) is 1. The highest BCUT2D eigenvalue weighted by molar-refractivity contribution is 4.99. The summed E-state index contributed by atoms with van der Waals surface area (Å²) in [5.41, 5.74) is 1.07. The molecule has 1 atom stereocenters. The molecular weight excluding hydrogens is 238 g/mol. The smallest absolute Gasteiger partial charge is 0.100 e. The molecule has 0 amide bonds. The fraction of sp³-hybridized carbons (Fsp3) is 0.438. The van der Waals surface area contributed by atoms with Crippen LogP contribution in [0.1, 0.15) is 31.2 Å². The van der Waals surface area contributed by atoms with Crippen molar-refractivity contribution in [1.29, 1.82) is 0 Å². The van der Waals surface area contributed by atoms with E-state index in [0.717, 1.165) is 18.1 Å². The Morgan fingerprint density at radius 1 is 1.16 bits per heavy atom. The zero-order chi connectivity index (χ0) is 13.9. The maximum absolute atomic E-state index is 5.15. The highest BCUT2D eigenvalue weighted by Crippen LogP contribution is 2.09. The topological polar surface area (TPSA) is 35.3 Å². The first-order valence-electron chi connectivity index (χ1n) is 6.68. The first-order valence-corrected chi connectivity index (χ1v) is 6.68. The maximum atomic E-state index is 5.15. The molecule has 0 saturated carbocycles. The number of pyridine rings is 1. The summed E-state index contributed by atoms with van der Waals surface area (Å²) >= 11 is 0. The molecule has 1 unspecified atom stereocenters. The van der Waals surface area contributed by atoms with Crippen LogP contribution in [-0.4, -0.2) is 17.7 Å². The van der Waals surface area contributed by atoms with Crippen LogP contribution in [0.25, 0.3) is 0 Å². The molecule has 1 fully saturated rings. The zero-order valence-corrected chi connectivity index (χ0v) is 12.0. The highest BCUT2D eigenvalue weighted by Gasteiger charge is 2.07. The lowest BCUT2D eigenvalue weighted by Crippen LogP contribution is -1.94. The minimum Gasteiger partial charge on any atom is -0.470 e. The van der Waals surface area contributed by atoms with Gasteiger partial charge >= 0.3 is 0 Å². The number of rotatable bonds is 0. The summed E-state index contributed by atoms with van der Waals surface area (Å²) in [6.45, 7) is 6.99. The van der Waals surface area contributed by atoms with Gasteiger partial charge in [-0.25, -0.2) is 0 Å². The molecular formula is C16H23NO2. The predicted molar refractivity (Wildman–Crippen MR) is 77.1 cm³/mol. The second-order valence-corrected chi connectivity index (χ2v) is 4.52. The van der Waals surface area contributed by atoms with E-state index in [4.69, 9.17) is 9.15 Å². The molecule has 3 heterocycles. The van der Waals surface area contributed by atoms with Gasteiger partial charge in [-0.05, 0) is 57.9 Å². The molecule has 2 aromatic rings. The van der Waals surface area contributed by atoms with Crippen molar-refractivity contribution in [1.82, 2.24) is 4.98 Å². The summed E-state index contributed by atoms with van der Waals surface area (Å²) in [5.74, 6) is 0.968. The van der Waals surface area contributed by atoms with E-state index in [0.29, 0.717) is 6.10 Å². The van der Waals surface area contributed by atoms with Gasteiger partial charge in [0, 0.05) is 18.5 Å². The third-order valence-corrected chi connectivity index (χ3v) is 2.63. The Labute approximate surface area is 115 Å². The van der Waals surface area contributed by atoms with Crippen molar-refractivity contribution in [3.8, 4) is 0 Å². The normalized spacial score (nSPS) is 16.9. The number of aryl methyl sites for hydroxylation is 2. The molecule has 0 aromatic carbocycles. The van der Waals surface area contributed by atoms with Gasteiger partial charge in [0.15, 0.2) is 0 Å². The van der Waals surface area contributed by atoms with Crippen LogP contribution in [0.4, 0.5) is 0 Å². The van der Waals surface area contributed by atoms with Crippen molar-refractivity contribution >= 4 is 0 Å². The molecule has 1 aliphatic rings. The van der Waals surface area contributed by atoms with Crippen LogP contribution in [0.3, 0.4) is 0 Å². The molecule has 3 rings (SSSR count). The van der Waals surface area contributed by atoms with Crippen LogP contribution in [0, 0.1) is 13.8 Å². The lowest BCUT2D eigenvalue weighted by molar-refractivity contribution is 0.125.